The van der Waals surface area contributed by atoms with E-state index in [-0.39, 0.29) is 18.2 Å². The van der Waals surface area contributed by atoms with Crippen LogP contribution in [-0.2, 0) is 9.47 Å². The van der Waals surface area contributed by atoms with Crippen molar-refractivity contribution >= 4 is 17.9 Å². The summed E-state index contributed by atoms with van der Waals surface area (Å²) in [6, 6.07) is 0.713. The minimum absolute atomic E-state index is 0.0402. The molecule has 6 heteroatoms. The number of thioether (sulfide) groups is 1. The van der Waals surface area contributed by atoms with Crippen molar-refractivity contribution in [2.45, 2.75) is 63.2 Å². The van der Waals surface area contributed by atoms with Gasteiger partial charge in [0, 0.05) is 30.7 Å². The van der Waals surface area contributed by atoms with Gasteiger partial charge < -0.3 is 19.7 Å². The van der Waals surface area contributed by atoms with Crippen molar-refractivity contribution in [1.29, 1.82) is 0 Å². The van der Waals surface area contributed by atoms with Crippen LogP contribution in [0.5, 0.6) is 0 Å². The van der Waals surface area contributed by atoms with Crippen LogP contribution in [0, 0.1) is 0 Å². The van der Waals surface area contributed by atoms with Crippen LogP contribution in [0.1, 0.15) is 34.1 Å². The van der Waals surface area contributed by atoms with Gasteiger partial charge in [-0.15, -0.1) is 0 Å². The molecule has 2 saturated heterocycles. The monoisotopic (exact) mass is 316 g/mol. The van der Waals surface area contributed by atoms with Crippen LogP contribution in [0.2, 0.25) is 0 Å². The standard InChI is InChI=1S/C15H28N2O3S/c1-10-6-11(9-21-10)16-12-7-17(8-13(12)19-5)14(18)20-15(2,3)4/h10-13,16H,6-9H2,1-5H3/t10?,11?,12?,13-/m0/s1. The molecule has 0 aromatic heterocycles. The molecule has 0 aliphatic carbocycles. The molecule has 122 valence electrons. The van der Waals surface area contributed by atoms with E-state index < -0.39 is 5.60 Å². The predicted molar refractivity (Wildman–Crippen MR) is 85.9 cm³/mol. The summed E-state index contributed by atoms with van der Waals surface area (Å²) in [5, 5.41) is 4.38. The maximum absolute atomic E-state index is 12.2. The molecule has 4 atom stereocenters. The SMILES string of the molecule is CO[C@H]1CN(C(=O)OC(C)(C)C)CC1NC1CSC(C)C1. The maximum atomic E-state index is 12.2. The van der Waals surface area contributed by atoms with Gasteiger partial charge in [-0.2, -0.15) is 11.8 Å². The molecule has 1 N–H and O–H groups in total. The molecule has 2 aliphatic rings. The van der Waals surface area contributed by atoms with E-state index in [2.05, 4.69) is 12.2 Å². The minimum Gasteiger partial charge on any atom is -0.444 e. The summed E-state index contributed by atoms with van der Waals surface area (Å²) < 4.78 is 11.0. The number of nitrogens with zero attached hydrogens (tertiary/aromatic N) is 1. The highest BCUT2D eigenvalue weighted by Gasteiger charge is 2.39. The van der Waals surface area contributed by atoms with Gasteiger partial charge in [-0.1, -0.05) is 6.92 Å². The van der Waals surface area contributed by atoms with Gasteiger partial charge in [0.05, 0.1) is 18.7 Å². The van der Waals surface area contributed by atoms with Crippen molar-refractivity contribution in [1.82, 2.24) is 10.2 Å². The Hall–Kier alpha value is -0.460. The average Bonchev–Trinajstić information content (AvgIpc) is 2.94. The van der Waals surface area contributed by atoms with Crippen LogP contribution in [0.15, 0.2) is 0 Å². The van der Waals surface area contributed by atoms with Crippen LogP contribution in [0.4, 0.5) is 4.79 Å². The molecular formula is C15H28N2O3S. The van der Waals surface area contributed by atoms with Gasteiger partial charge in [0.1, 0.15) is 5.60 Å². The zero-order chi connectivity index (χ0) is 15.6. The first-order valence-corrected chi connectivity index (χ1v) is 8.71. The number of carbonyl (C=O) groups excluding carboxylic acids is 1. The molecule has 5 nitrogen and oxygen atoms in total. The third kappa shape index (κ3) is 4.76. The molecule has 0 radical (unpaired) electrons. The van der Waals surface area contributed by atoms with Crippen LogP contribution >= 0.6 is 11.8 Å². The van der Waals surface area contributed by atoms with E-state index in [0.717, 1.165) is 5.75 Å². The number of nitrogens with one attached hydrogen (secondary N) is 1. The van der Waals surface area contributed by atoms with E-state index in [1.807, 2.05) is 32.5 Å². The van der Waals surface area contributed by atoms with Gasteiger partial charge in [-0.3, -0.25) is 0 Å². The van der Waals surface area contributed by atoms with Gasteiger partial charge in [0.2, 0.25) is 0 Å². The van der Waals surface area contributed by atoms with Crippen molar-refractivity contribution in [3.05, 3.63) is 0 Å². The quantitative estimate of drug-likeness (QED) is 0.864. The summed E-state index contributed by atoms with van der Waals surface area (Å²) in [6.45, 7) is 9.19. The Balaban J connectivity index is 1.89. The fourth-order valence-corrected chi connectivity index (χ4v) is 4.05. The Bertz CT molecular complexity index is 372. The summed E-state index contributed by atoms with van der Waals surface area (Å²) in [6.07, 6.45) is 0.978. The van der Waals surface area contributed by atoms with Gasteiger partial charge >= 0.3 is 6.09 Å². The molecule has 21 heavy (non-hydrogen) atoms. The highest BCUT2D eigenvalue weighted by atomic mass is 32.2. The summed E-state index contributed by atoms with van der Waals surface area (Å²) in [4.78, 5) is 13.9. The predicted octanol–water partition coefficient (Wildman–Crippen LogP) is 2.10. The van der Waals surface area contributed by atoms with Crippen LogP contribution in [0.25, 0.3) is 0 Å². The van der Waals surface area contributed by atoms with Crippen molar-refractivity contribution in [3.63, 3.8) is 0 Å². The zero-order valence-electron chi connectivity index (χ0n) is 13.7. The number of hydrogen-bond donors (Lipinski definition) is 1. The minimum atomic E-state index is -0.456. The van der Waals surface area contributed by atoms with Gasteiger partial charge in [0.25, 0.3) is 0 Å². The van der Waals surface area contributed by atoms with E-state index >= 15 is 0 Å². The number of amides is 1. The fraction of sp³-hybridized carbons (Fsp3) is 0.933. The van der Waals surface area contributed by atoms with Crippen molar-refractivity contribution in [3.8, 4) is 0 Å². The summed E-state index contributed by atoms with van der Waals surface area (Å²) in [5.74, 6) is 1.14. The van der Waals surface area contributed by atoms with Gasteiger partial charge in [-0.05, 0) is 27.2 Å². The molecule has 0 aromatic carbocycles. The summed E-state index contributed by atoms with van der Waals surface area (Å²) >= 11 is 2.00. The smallest absolute Gasteiger partial charge is 0.410 e. The summed E-state index contributed by atoms with van der Waals surface area (Å²) in [7, 11) is 1.71. The summed E-state index contributed by atoms with van der Waals surface area (Å²) in [5.41, 5.74) is -0.456. The lowest BCUT2D eigenvalue weighted by Crippen LogP contribution is -2.46. The van der Waals surface area contributed by atoms with Crippen molar-refractivity contribution < 1.29 is 14.3 Å². The maximum Gasteiger partial charge on any atom is 0.410 e. The second-order valence-electron chi connectivity index (χ2n) is 7.01. The van der Waals surface area contributed by atoms with Gasteiger partial charge in [-0.25, -0.2) is 4.79 Å². The molecule has 0 saturated carbocycles. The van der Waals surface area contributed by atoms with Crippen LogP contribution in [0.3, 0.4) is 0 Å². The second-order valence-corrected chi connectivity index (χ2v) is 8.48. The fourth-order valence-electron chi connectivity index (χ4n) is 2.88. The normalized spacial score (nSPS) is 33.5. The largest absolute Gasteiger partial charge is 0.444 e. The molecule has 0 bridgehead atoms. The molecule has 2 aliphatic heterocycles. The lowest BCUT2D eigenvalue weighted by atomic mass is 10.1. The number of carbonyl (C=O) groups is 1. The molecule has 2 rings (SSSR count). The molecule has 0 spiro atoms. The molecule has 3 unspecified atom stereocenters. The van der Waals surface area contributed by atoms with Crippen molar-refractivity contribution in [2.75, 3.05) is 26.0 Å². The lowest BCUT2D eigenvalue weighted by Gasteiger charge is -2.24. The number of hydrogen-bond acceptors (Lipinski definition) is 5. The van der Waals surface area contributed by atoms with Crippen LogP contribution in [-0.4, -0.2) is 66.0 Å². The van der Waals surface area contributed by atoms with E-state index in [9.17, 15) is 4.79 Å². The Morgan fingerprint density at radius 3 is 2.57 bits per heavy atom. The van der Waals surface area contributed by atoms with Crippen molar-refractivity contribution in [2.24, 2.45) is 0 Å². The first kappa shape index (κ1) is 16.9. The van der Waals surface area contributed by atoms with Gasteiger partial charge in [0.15, 0.2) is 0 Å². The molecule has 2 heterocycles. The first-order chi connectivity index (χ1) is 9.78. The highest BCUT2D eigenvalue weighted by molar-refractivity contribution is 8.00. The molecular weight excluding hydrogens is 288 g/mol. The number of likely N-dealkylation sites (tertiary alicyclic amines) is 1. The Kier molecular flexibility index (Phi) is 5.43. The molecule has 2 fully saturated rings. The Morgan fingerprint density at radius 2 is 2.05 bits per heavy atom. The first-order valence-electron chi connectivity index (χ1n) is 7.67. The molecule has 1 amide bonds. The zero-order valence-corrected chi connectivity index (χ0v) is 14.5. The lowest BCUT2D eigenvalue weighted by molar-refractivity contribution is 0.0252. The van der Waals surface area contributed by atoms with E-state index in [0.29, 0.717) is 24.4 Å². The van der Waals surface area contributed by atoms with E-state index in [1.54, 1.807) is 12.0 Å². The number of rotatable bonds is 3. The van der Waals surface area contributed by atoms with E-state index in [1.165, 1.54) is 6.42 Å². The Labute approximate surface area is 132 Å². The van der Waals surface area contributed by atoms with E-state index in [4.69, 9.17) is 9.47 Å². The molecule has 0 aromatic rings. The van der Waals surface area contributed by atoms with Crippen LogP contribution < -0.4 is 5.32 Å². The third-order valence-electron chi connectivity index (χ3n) is 3.87. The Morgan fingerprint density at radius 1 is 1.33 bits per heavy atom. The highest BCUT2D eigenvalue weighted by Crippen LogP contribution is 2.27. The third-order valence-corrected chi connectivity index (χ3v) is 5.23. The number of ether oxygens (including phenoxy) is 2. The topological polar surface area (TPSA) is 50.8 Å². The number of methoxy groups -OCH3 is 1. The average molecular weight is 316 g/mol. The second kappa shape index (κ2) is 6.75.